The maximum atomic E-state index is 10.4. The van der Waals surface area contributed by atoms with Gasteiger partial charge in [0.2, 0.25) is 0 Å². The molecule has 3 heterocycles. The number of hydrogen-bond acceptors (Lipinski definition) is 2. The first-order valence-corrected chi connectivity index (χ1v) is 20.7. The highest BCUT2D eigenvalue weighted by molar-refractivity contribution is 7.26. The maximum Gasteiger partial charge on any atom is 0.0992 e. The van der Waals surface area contributed by atoms with E-state index >= 15 is 0 Å². The van der Waals surface area contributed by atoms with Gasteiger partial charge in [-0.05, 0) is 124 Å². The van der Waals surface area contributed by atoms with E-state index in [1.807, 2.05) is 23.5 Å². The minimum absolute atomic E-state index is 0.634. The second-order valence-electron chi connectivity index (χ2n) is 15.2. The number of nitrogens with zero attached hydrogens (tertiary/aromatic N) is 3. The van der Waals surface area contributed by atoms with Crippen LogP contribution >= 0.6 is 11.3 Å². The highest BCUT2D eigenvalue weighted by Crippen LogP contribution is 2.43. The summed E-state index contributed by atoms with van der Waals surface area (Å²) >= 11 is 1.87. The average molecular weight is 768 g/mol. The normalized spacial score (nSPS) is 11.7. The average Bonchev–Trinajstić information content (AvgIpc) is 3.96. The molecule has 0 unspecified atom stereocenters. The summed E-state index contributed by atoms with van der Waals surface area (Å²) in [7, 11) is 0. The van der Waals surface area contributed by atoms with Crippen molar-refractivity contribution in [2.75, 3.05) is 0 Å². The smallest absolute Gasteiger partial charge is 0.0992 e. The highest BCUT2D eigenvalue weighted by atomic mass is 32.1. The van der Waals surface area contributed by atoms with Crippen LogP contribution in [0.2, 0.25) is 0 Å². The highest BCUT2D eigenvalue weighted by Gasteiger charge is 2.18. The third-order valence-electron chi connectivity index (χ3n) is 11.9. The van der Waals surface area contributed by atoms with Crippen molar-refractivity contribution in [1.82, 2.24) is 9.13 Å². The van der Waals surface area contributed by atoms with Gasteiger partial charge in [0.05, 0.1) is 33.7 Å². The van der Waals surface area contributed by atoms with E-state index in [1.165, 1.54) is 58.4 Å². The summed E-state index contributed by atoms with van der Waals surface area (Å²) < 4.78 is 7.32. The number of thiophene rings is 1. The maximum absolute atomic E-state index is 10.4. The molecule has 0 bridgehead atoms. The number of hydrogen-bond donors (Lipinski definition) is 0. The Bertz CT molecular complexity index is 3670. The van der Waals surface area contributed by atoms with E-state index < -0.39 is 0 Å². The third-order valence-corrected chi connectivity index (χ3v) is 13.1. The SMILES string of the molecule is N#Cc1cc(-c2ccc3c(c2)c2ccccc2n3-c2ccccc2)cc(-c2ccc3c(c2)c2cc(-c4cccc5c4sc4ccccc45)ccc2n3-c2ccccc2)c1. The molecule has 274 valence electrons. The Kier molecular flexibility index (Phi) is 7.47. The fourth-order valence-corrected chi connectivity index (χ4v) is 10.5. The van der Waals surface area contributed by atoms with Crippen molar-refractivity contribution in [3.63, 3.8) is 0 Å². The van der Waals surface area contributed by atoms with Crippen LogP contribution in [0.4, 0.5) is 0 Å². The van der Waals surface area contributed by atoms with Gasteiger partial charge in [-0.3, -0.25) is 0 Å². The lowest BCUT2D eigenvalue weighted by Crippen LogP contribution is -1.93. The molecule has 3 aromatic heterocycles. The van der Waals surface area contributed by atoms with E-state index in [9.17, 15) is 5.26 Å². The Morgan fingerprint density at radius 2 is 0.847 bits per heavy atom. The first-order chi connectivity index (χ1) is 29.2. The minimum atomic E-state index is 0.634. The van der Waals surface area contributed by atoms with Crippen molar-refractivity contribution >= 4 is 75.1 Å². The molecule has 0 aliphatic rings. The summed E-state index contributed by atoms with van der Waals surface area (Å²) in [6, 6.07) is 74.3. The van der Waals surface area contributed by atoms with Gasteiger partial charge in [0, 0.05) is 53.1 Å². The van der Waals surface area contributed by atoms with Gasteiger partial charge >= 0.3 is 0 Å². The molecule has 12 rings (SSSR count). The summed E-state index contributed by atoms with van der Waals surface area (Å²) in [6.45, 7) is 0. The van der Waals surface area contributed by atoms with Gasteiger partial charge in [0.15, 0.2) is 0 Å². The Morgan fingerprint density at radius 1 is 0.356 bits per heavy atom. The van der Waals surface area contributed by atoms with Crippen LogP contribution in [0.5, 0.6) is 0 Å². The third kappa shape index (κ3) is 5.26. The second-order valence-corrected chi connectivity index (χ2v) is 16.3. The number of benzene rings is 9. The Morgan fingerprint density at radius 3 is 1.47 bits per heavy atom. The van der Waals surface area contributed by atoms with Crippen LogP contribution in [0.15, 0.2) is 200 Å². The van der Waals surface area contributed by atoms with Crippen LogP contribution in [0.25, 0.3) is 109 Å². The van der Waals surface area contributed by atoms with Crippen LogP contribution in [0.3, 0.4) is 0 Å². The zero-order chi connectivity index (χ0) is 39.0. The summed E-state index contributed by atoms with van der Waals surface area (Å²) in [5, 5.41) is 17.7. The largest absolute Gasteiger partial charge is 0.309 e. The molecule has 0 N–H and O–H groups in total. The molecule has 0 saturated carbocycles. The predicted molar refractivity (Wildman–Crippen MR) is 249 cm³/mol. The van der Waals surface area contributed by atoms with Crippen LogP contribution in [0, 0.1) is 11.3 Å². The van der Waals surface area contributed by atoms with E-state index in [0.29, 0.717) is 5.56 Å². The molecule has 0 radical (unpaired) electrons. The van der Waals surface area contributed by atoms with Gasteiger partial charge in [-0.1, -0.05) is 109 Å². The first-order valence-electron chi connectivity index (χ1n) is 19.9. The van der Waals surface area contributed by atoms with E-state index in [2.05, 4.69) is 203 Å². The fraction of sp³-hybridized carbons (Fsp3) is 0. The van der Waals surface area contributed by atoms with Crippen LogP contribution in [0.1, 0.15) is 5.56 Å². The molecule has 0 fully saturated rings. The van der Waals surface area contributed by atoms with Crippen LogP contribution in [-0.2, 0) is 0 Å². The monoisotopic (exact) mass is 767 g/mol. The Hall–Kier alpha value is -7.71. The van der Waals surface area contributed by atoms with Crippen molar-refractivity contribution in [1.29, 1.82) is 5.26 Å². The molecule has 4 heteroatoms. The molecule has 0 atom stereocenters. The molecule has 9 aromatic carbocycles. The first kappa shape index (κ1) is 33.4. The lowest BCUT2D eigenvalue weighted by molar-refractivity contribution is 1.18. The Balaban J connectivity index is 1.04. The van der Waals surface area contributed by atoms with Crippen LogP contribution in [-0.4, -0.2) is 9.13 Å². The predicted octanol–water partition coefficient (Wildman–Crippen LogP) is 15.1. The molecular weight excluding hydrogens is 735 g/mol. The molecule has 0 amide bonds. The van der Waals surface area contributed by atoms with Gasteiger partial charge in [-0.2, -0.15) is 5.26 Å². The van der Waals surface area contributed by atoms with Crippen molar-refractivity contribution in [2.24, 2.45) is 0 Å². The van der Waals surface area contributed by atoms with Gasteiger partial charge in [-0.15, -0.1) is 11.3 Å². The standard InChI is InChI=1S/C55H33N3S/c56-34-35-28-39(36-22-25-51-47(31-36)44-16-7-9-20-50(44)57(51)41-12-3-1-4-13-41)30-40(29-35)37-23-26-52-48(32-37)49-33-38(24-27-53(49)58(52)42-14-5-2-6-15-42)43-18-11-19-46-45-17-8-10-21-54(45)59-55(43)46/h1-33H. The summed E-state index contributed by atoms with van der Waals surface area (Å²) in [5.41, 5.74) is 14.1. The van der Waals surface area contributed by atoms with Gasteiger partial charge < -0.3 is 9.13 Å². The van der Waals surface area contributed by atoms with E-state index in [-0.39, 0.29) is 0 Å². The topological polar surface area (TPSA) is 33.6 Å². The number of para-hydroxylation sites is 3. The van der Waals surface area contributed by atoms with E-state index in [1.54, 1.807) is 0 Å². The number of rotatable bonds is 5. The van der Waals surface area contributed by atoms with Crippen molar-refractivity contribution in [2.45, 2.75) is 0 Å². The van der Waals surface area contributed by atoms with Crippen molar-refractivity contribution < 1.29 is 0 Å². The fourth-order valence-electron chi connectivity index (χ4n) is 9.23. The molecule has 0 aliphatic heterocycles. The Labute approximate surface area is 344 Å². The zero-order valence-electron chi connectivity index (χ0n) is 31.8. The number of fused-ring (bicyclic) bond motifs is 9. The zero-order valence-corrected chi connectivity index (χ0v) is 32.6. The van der Waals surface area contributed by atoms with Crippen LogP contribution < -0.4 is 0 Å². The minimum Gasteiger partial charge on any atom is -0.309 e. The quantitative estimate of drug-likeness (QED) is 0.172. The number of nitriles is 1. The van der Waals surface area contributed by atoms with Crippen molar-refractivity contribution in [3.05, 3.63) is 206 Å². The summed E-state index contributed by atoms with van der Waals surface area (Å²) in [6.07, 6.45) is 0. The molecule has 0 spiro atoms. The van der Waals surface area contributed by atoms with Crippen molar-refractivity contribution in [3.8, 4) is 50.8 Å². The number of aromatic nitrogens is 2. The van der Waals surface area contributed by atoms with E-state index in [0.717, 1.165) is 50.2 Å². The van der Waals surface area contributed by atoms with Gasteiger partial charge in [0.25, 0.3) is 0 Å². The second kappa shape index (κ2) is 13.2. The van der Waals surface area contributed by atoms with Gasteiger partial charge in [-0.25, -0.2) is 0 Å². The lowest BCUT2D eigenvalue weighted by Gasteiger charge is -2.11. The molecular formula is C55H33N3S. The molecule has 0 aliphatic carbocycles. The molecule has 59 heavy (non-hydrogen) atoms. The summed E-state index contributed by atoms with van der Waals surface area (Å²) in [5.74, 6) is 0. The van der Waals surface area contributed by atoms with Gasteiger partial charge in [0.1, 0.15) is 0 Å². The molecule has 12 aromatic rings. The molecule has 3 nitrogen and oxygen atoms in total. The van der Waals surface area contributed by atoms with E-state index in [4.69, 9.17) is 0 Å². The summed E-state index contributed by atoms with van der Waals surface area (Å²) in [4.78, 5) is 0. The molecule has 0 saturated heterocycles. The lowest BCUT2D eigenvalue weighted by atomic mass is 9.94.